The van der Waals surface area contributed by atoms with E-state index in [-0.39, 0.29) is 24.3 Å². The standard InChI is InChI=1S/C17H20N4O2/c1-10(2)14(8-22)21-17-12-7-13(20-16(12)18-9-19-17)11-5-3-4-6-15(11)23/h3-7,9-10,14,22-23H,8H2,1-2H3,(H2,18,19,20,21). The van der Waals surface area contributed by atoms with Crippen molar-refractivity contribution in [2.75, 3.05) is 11.9 Å². The van der Waals surface area contributed by atoms with Gasteiger partial charge in [0.05, 0.1) is 23.7 Å². The number of hydrogen-bond acceptors (Lipinski definition) is 5. The minimum atomic E-state index is -0.0865. The van der Waals surface area contributed by atoms with E-state index in [4.69, 9.17) is 0 Å². The molecule has 0 radical (unpaired) electrons. The fraction of sp³-hybridized carbons (Fsp3) is 0.294. The van der Waals surface area contributed by atoms with Gasteiger partial charge in [0.25, 0.3) is 0 Å². The lowest BCUT2D eigenvalue weighted by Gasteiger charge is -2.20. The van der Waals surface area contributed by atoms with Gasteiger partial charge in [-0.05, 0) is 24.1 Å². The summed E-state index contributed by atoms with van der Waals surface area (Å²) in [5.74, 6) is 1.14. The lowest BCUT2D eigenvalue weighted by Crippen LogP contribution is -2.29. The van der Waals surface area contributed by atoms with Crippen molar-refractivity contribution in [3.63, 3.8) is 0 Å². The van der Waals surface area contributed by atoms with E-state index in [0.717, 1.165) is 11.1 Å². The number of fused-ring (bicyclic) bond motifs is 1. The first-order chi connectivity index (χ1) is 11.1. The smallest absolute Gasteiger partial charge is 0.143 e. The molecule has 1 unspecified atom stereocenters. The number of nitrogens with one attached hydrogen (secondary N) is 2. The van der Waals surface area contributed by atoms with Crippen LogP contribution in [0.3, 0.4) is 0 Å². The van der Waals surface area contributed by atoms with Crippen LogP contribution < -0.4 is 5.32 Å². The van der Waals surface area contributed by atoms with E-state index >= 15 is 0 Å². The number of H-pyrrole nitrogens is 1. The van der Waals surface area contributed by atoms with Gasteiger partial charge in [0.15, 0.2) is 0 Å². The summed E-state index contributed by atoms with van der Waals surface area (Å²) in [6.45, 7) is 4.10. The van der Waals surface area contributed by atoms with E-state index in [2.05, 4.69) is 20.3 Å². The highest BCUT2D eigenvalue weighted by molar-refractivity contribution is 5.92. The zero-order valence-corrected chi connectivity index (χ0v) is 13.1. The van der Waals surface area contributed by atoms with Gasteiger partial charge in [-0.15, -0.1) is 0 Å². The third kappa shape index (κ3) is 2.98. The molecule has 2 aromatic heterocycles. The molecule has 23 heavy (non-hydrogen) atoms. The minimum Gasteiger partial charge on any atom is -0.507 e. The summed E-state index contributed by atoms with van der Waals surface area (Å²) in [6, 6.07) is 8.95. The number of aromatic nitrogens is 3. The van der Waals surface area contributed by atoms with Crippen molar-refractivity contribution in [3.8, 4) is 17.0 Å². The fourth-order valence-electron chi connectivity index (χ4n) is 2.50. The van der Waals surface area contributed by atoms with Crippen LogP contribution in [0.4, 0.5) is 5.82 Å². The van der Waals surface area contributed by atoms with Crippen LogP contribution in [-0.4, -0.2) is 37.8 Å². The molecule has 0 bridgehead atoms. The number of anilines is 1. The summed E-state index contributed by atoms with van der Waals surface area (Å²) < 4.78 is 0. The Morgan fingerprint density at radius 3 is 2.70 bits per heavy atom. The number of aliphatic hydroxyl groups excluding tert-OH is 1. The summed E-state index contributed by atoms with van der Waals surface area (Å²) in [5, 5.41) is 23.6. The Kier molecular flexibility index (Phi) is 4.16. The van der Waals surface area contributed by atoms with Crippen molar-refractivity contribution < 1.29 is 10.2 Å². The average Bonchev–Trinajstić information content (AvgIpc) is 2.97. The van der Waals surface area contributed by atoms with Crippen molar-refractivity contribution in [1.29, 1.82) is 0 Å². The molecule has 0 spiro atoms. The van der Waals surface area contributed by atoms with Gasteiger partial charge in [-0.2, -0.15) is 0 Å². The number of phenols is 1. The zero-order chi connectivity index (χ0) is 16.4. The van der Waals surface area contributed by atoms with Crippen LogP contribution >= 0.6 is 0 Å². The molecule has 120 valence electrons. The number of phenolic OH excluding ortho intramolecular Hbond substituents is 1. The molecule has 3 aromatic rings. The van der Waals surface area contributed by atoms with E-state index in [1.807, 2.05) is 32.0 Å². The maximum atomic E-state index is 10.0. The number of hydrogen-bond donors (Lipinski definition) is 4. The Labute approximate surface area is 134 Å². The number of aliphatic hydroxyl groups is 1. The first kappa shape index (κ1) is 15.3. The average molecular weight is 312 g/mol. The van der Waals surface area contributed by atoms with E-state index in [1.165, 1.54) is 6.33 Å². The summed E-state index contributed by atoms with van der Waals surface area (Å²) in [7, 11) is 0. The Balaban J connectivity index is 2.03. The van der Waals surface area contributed by atoms with E-state index in [9.17, 15) is 10.2 Å². The van der Waals surface area contributed by atoms with Crippen molar-refractivity contribution in [1.82, 2.24) is 15.0 Å². The van der Waals surface area contributed by atoms with Gasteiger partial charge in [0.2, 0.25) is 0 Å². The summed E-state index contributed by atoms with van der Waals surface area (Å²) in [5.41, 5.74) is 2.16. The van der Waals surface area contributed by atoms with E-state index in [1.54, 1.807) is 12.1 Å². The Bertz CT molecular complexity index is 813. The van der Waals surface area contributed by atoms with Crippen LogP contribution in [-0.2, 0) is 0 Å². The third-order valence-corrected chi connectivity index (χ3v) is 3.94. The predicted molar refractivity (Wildman–Crippen MR) is 90.3 cm³/mol. The summed E-state index contributed by atoms with van der Waals surface area (Å²) in [6.07, 6.45) is 1.48. The van der Waals surface area contributed by atoms with Gasteiger partial charge < -0.3 is 20.5 Å². The lowest BCUT2D eigenvalue weighted by molar-refractivity contribution is 0.249. The van der Waals surface area contributed by atoms with Crippen molar-refractivity contribution >= 4 is 16.9 Å². The van der Waals surface area contributed by atoms with Gasteiger partial charge in [0, 0.05) is 5.56 Å². The Morgan fingerprint density at radius 1 is 1.22 bits per heavy atom. The van der Waals surface area contributed by atoms with E-state index in [0.29, 0.717) is 17.0 Å². The molecule has 1 aromatic carbocycles. The lowest BCUT2D eigenvalue weighted by atomic mass is 10.1. The molecule has 0 saturated heterocycles. The highest BCUT2D eigenvalue weighted by Gasteiger charge is 2.16. The monoisotopic (exact) mass is 312 g/mol. The molecule has 6 heteroatoms. The number of para-hydroxylation sites is 1. The second-order valence-corrected chi connectivity index (χ2v) is 5.86. The zero-order valence-electron chi connectivity index (χ0n) is 13.1. The van der Waals surface area contributed by atoms with Crippen LogP contribution in [0.15, 0.2) is 36.7 Å². The highest BCUT2D eigenvalue weighted by atomic mass is 16.3. The van der Waals surface area contributed by atoms with Crippen LogP contribution in [0.1, 0.15) is 13.8 Å². The van der Waals surface area contributed by atoms with Crippen LogP contribution in [0.2, 0.25) is 0 Å². The molecule has 6 nitrogen and oxygen atoms in total. The molecule has 1 atom stereocenters. The van der Waals surface area contributed by atoms with Gasteiger partial charge in [-0.25, -0.2) is 9.97 Å². The first-order valence-electron chi connectivity index (χ1n) is 7.59. The maximum Gasteiger partial charge on any atom is 0.143 e. The van der Waals surface area contributed by atoms with Crippen molar-refractivity contribution in [2.24, 2.45) is 5.92 Å². The molecule has 0 aliphatic carbocycles. The normalized spacial score (nSPS) is 12.7. The highest BCUT2D eigenvalue weighted by Crippen LogP contribution is 2.32. The van der Waals surface area contributed by atoms with E-state index < -0.39 is 0 Å². The first-order valence-corrected chi connectivity index (χ1v) is 7.59. The number of aromatic amines is 1. The molecule has 3 rings (SSSR count). The summed E-state index contributed by atoms with van der Waals surface area (Å²) in [4.78, 5) is 11.7. The Morgan fingerprint density at radius 2 is 2.00 bits per heavy atom. The van der Waals surface area contributed by atoms with Crippen molar-refractivity contribution in [3.05, 3.63) is 36.7 Å². The molecule has 0 fully saturated rings. The topological polar surface area (TPSA) is 94.1 Å². The molecule has 0 aliphatic heterocycles. The van der Waals surface area contributed by atoms with Gasteiger partial charge in [0.1, 0.15) is 23.5 Å². The van der Waals surface area contributed by atoms with Crippen LogP contribution in [0, 0.1) is 5.92 Å². The molecule has 0 saturated carbocycles. The number of benzene rings is 1. The molecule has 2 heterocycles. The molecule has 0 aliphatic rings. The van der Waals surface area contributed by atoms with Gasteiger partial charge in [-0.1, -0.05) is 26.0 Å². The van der Waals surface area contributed by atoms with Crippen molar-refractivity contribution in [2.45, 2.75) is 19.9 Å². The van der Waals surface area contributed by atoms with Gasteiger partial charge >= 0.3 is 0 Å². The quantitative estimate of drug-likeness (QED) is 0.581. The van der Waals surface area contributed by atoms with Crippen LogP contribution in [0.5, 0.6) is 5.75 Å². The SMILES string of the molecule is CC(C)C(CO)Nc1ncnc2[nH]c(-c3ccccc3O)cc12. The predicted octanol–water partition coefficient (Wildman–Crippen LogP) is 2.76. The second-order valence-electron chi connectivity index (χ2n) is 5.86. The third-order valence-electron chi connectivity index (χ3n) is 3.94. The second kappa shape index (κ2) is 6.26. The minimum absolute atomic E-state index is 0.0277. The molecular weight excluding hydrogens is 292 g/mol. The Hall–Kier alpha value is -2.60. The molecule has 0 amide bonds. The number of nitrogens with zero attached hydrogens (tertiary/aromatic N) is 2. The summed E-state index contributed by atoms with van der Waals surface area (Å²) >= 11 is 0. The number of rotatable bonds is 5. The molecular formula is C17H20N4O2. The fourth-order valence-corrected chi connectivity index (χ4v) is 2.50. The van der Waals surface area contributed by atoms with Crippen LogP contribution in [0.25, 0.3) is 22.3 Å². The number of aromatic hydroxyl groups is 1. The maximum absolute atomic E-state index is 10.0. The largest absolute Gasteiger partial charge is 0.507 e. The molecule has 4 N–H and O–H groups in total. The van der Waals surface area contributed by atoms with Gasteiger partial charge in [-0.3, -0.25) is 0 Å².